The maximum Gasteiger partial charge on any atom is 0.340 e. The second-order valence-corrected chi connectivity index (χ2v) is 10.2. The first-order valence-corrected chi connectivity index (χ1v) is 14.1. The molecule has 2 heterocycles. The van der Waals surface area contributed by atoms with E-state index < -0.39 is 5.60 Å². The summed E-state index contributed by atoms with van der Waals surface area (Å²) in [7, 11) is 0. The summed E-state index contributed by atoms with van der Waals surface area (Å²) in [5.41, 5.74) is 6.17. The normalized spacial score (nSPS) is 14.0. The highest BCUT2D eigenvalue weighted by molar-refractivity contribution is 5.97. The number of hydrogen-bond acceptors (Lipinski definition) is 5. The number of fused-ring (bicyclic) bond motifs is 6. The van der Waals surface area contributed by atoms with Gasteiger partial charge in [0.25, 0.3) is 0 Å². The molecule has 0 unspecified atom stereocenters. The fourth-order valence-corrected chi connectivity index (χ4v) is 6.23. The zero-order chi connectivity index (χ0) is 28.0. The molecule has 0 saturated carbocycles. The summed E-state index contributed by atoms with van der Waals surface area (Å²) >= 11 is 0. The van der Waals surface area contributed by atoms with Gasteiger partial charge in [-0.05, 0) is 68.4 Å². The van der Waals surface area contributed by atoms with Gasteiger partial charge in [-0.25, -0.2) is 4.79 Å². The molecule has 0 amide bonds. The Kier molecular flexibility index (Phi) is 6.01. The Labute approximate surface area is 240 Å². The third-order valence-electron chi connectivity index (χ3n) is 8.07. The molecule has 0 atom stereocenters. The second-order valence-electron chi connectivity index (χ2n) is 10.2. The number of carbonyl (C=O) groups excluding carboxylic acids is 1. The second kappa shape index (κ2) is 9.86. The SMILES string of the molecule is CCN(c1ccccc1)c1ccc2c(c1)Oc1cc(N(CC)c3ccccc3)ccc1C21OC(=O)c2ccccc21. The van der Waals surface area contributed by atoms with Gasteiger partial charge in [0.1, 0.15) is 11.5 Å². The van der Waals surface area contributed by atoms with Gasteiger partial charge in [0.05, 0.1) is 5.56 Å². The summed E-state index contributed by atoms with van der Waals surface area (Å²) in [6, 6.07) is 40.7. The molecule has 5 aromatic carbocycles. The van der Waals surface area contributed by atoms with E-state index in [0.717, 1.165) is 52.5 Å². The van der Waals surface area contributed by atoms with E-state index in [-0.39, 0.29) is 5.97 Å². The van der Waals surface area contributed by atoms with Crippen molar-refractivity contribution in [2.24, 2.45) is 0 Å². The zero-order valence-electron chi connectivity index (χ0n) is 23.1. The Morgan fingerprint density at radius 1 is 0.561 bits per heavy atom. The fraction of sp³-hybridized carbons (Fsp3) is 0.139. The minimum absolute atomic E-state index is 0.327. The molecule has 5 heteroatoms. The first kappa shape index (κ1) is 25.0. The van der Waals surface area contributed by atoms with Gasteiger partial charge in [-0.2, -0.15) is 0 Å². The van der Waals surface area contributed by atoms with Crippen LogP contribution in [-0.2, 0) is 10.3 Å². The molecule has 0 saturated heterocycles. The molecule has 202 valence electrons. The van der Waals surface area contributed by atoms with E-state index in [1.165, 1.54) is 0 Å². The van der Waals surface area contributed by atoms with Crippen LogP contribution < -0.4 is 14.5 Å². The number of esters is 1. The van der Waals surface area contributed by atoms with Gasteiger partial charge in [-0.15, -0.1) is 0 Å². The number of para-hydroxylation sites is 2. The van der Waals surface area contributed by atoms with Gasteiger partial charge in [-0.1, -0.05) is 54.6 Å². The van der Waals surface area contributed by atoms with E-state index in [2.05, 4.69) is 72.2 Å². The van der Waals surface area contributed by atoms with Gasteiger partial charge >= 0.3 is 5.97 Å². The van der Waals surface area contributed by atoms with Gasteiger partial charge in [0.2, 0.25) is 0 Å². The van der Waals surface area contributed by atoms with Gasteiger partial charge in [-0.3, -0.25) is 0 Å². The standard InChI is InChI=1S/C36H30N2O3/c1-3-37(25-13-7-5-8-14-25)27-19-21-31-33(23-27)40-34-24-28(38(4-2)26-15-9-6-10-16-26)20-22-32(34)36(31)30-18-12-11-17-29(30)35(39)41-36/h5-24H,3-4H2,1-2H3. The van der Waals surface area contributed by atoms with Gasteiger partial charge < -0.3 is 19.3 Å². The molecule has 5 aromatic rings. The quantitative estimate of drug-likeness (QED) is 0.203. The Balaban J connectivity index is 1.42. The average molecular weight is 539 g/mol. The predicted molar refractivity (Wildman–Crippen MR) is 163 cm³/mol. The molecule has 1 spiro atoms. The van der Waals surface area contributed by atoms with Crippen molar-refractivity contribution in [3.05, 3.63) is 144 Å². The van der Waals surface area contributed by atoms with Crippen LogP contribution in [0.25, 0.3) is 0 Å². The molecule has 2 aliphatic rings. The number of hydrogen-bond donors (Lipinski definition) is 0. The topological polar surface area (TPSA) is 42.0 Å². The average Bonchev–Trinajstić information content (AvgIpc) is 3.31. The highest BCUT2D eigenvalue weighted by Gasteiger charge is 2.53. The van der Waals surface area contributed by atoms with E-state index in [1.54, 1.807) is 0 Å². The lowest BCUT2D eigenvalue weighted by Crippen LogP contribution is -2.33. The minimum atomic E-state index is -1.10. The summed E-state index contributed by atoms with van der Waals surface area (Å²) in [4.78, 5) is 17.8. The molecule has 7 rings (SSSR count). The molecule has 5 nitrogen and oxygen atoms in total. The molecule has 0 bridgehead atoms. The maximum atomic E-state index is 13.3. The van der Waals surface area contributed by atoms with Crippen LogP contribution in [-0.4, -0.2) is 19.1 Å². The molecule has 0 aliphatic carbocycles. The van der Waals surface area contributed by atoms with E-state index in [1.807, 2.05) is 72.8 Å². The summed E-state index contributed by atoms with van der Waals surface area (Å²) in [5.74, 6) is 1.02. The molecular weight excluding hydrogens is 508 g/mol. The summed E-state index contributed by atoms with van der Waals surface area (Å²) in [5, 5.41) is 0. The molecule has 41 heavy (non-hydrogen) atoms. The van der Waals surface area contributed by atoms with Crippen molar-refractivity contribution in [2.75, 3.05) is 22.9 Å². The van der Waals surface area contributed by atoms with Crippen molar-refractivity contribution in [3.8, 4) is 11.5 Å². The van der Waals surface area contributed by atoms with Crippen LogP contribution in [0.3, 0.4) is 0 Å². The fourth-order valence-electron chi connectivity index (χ4n) is 6.23. The molecule has 0 aromatic heterocycles. The maximum absolute atomic E-state index is 13.3. The Morgan fingerprint density at radius 2 is 1.05 bits per heavy atom. The number of carbonyl (C=O) groups is 1. The van der Waals surface area contributed by atoms with Crippen molar-refractivity contribution >= 4 is 28.7 Å². The smallest absolute Gasteiger partial charge is 0.340 e. The van der Waals surface area contributed by atoms with E-state index in [9.17, 15) is 4.79 Å². The molecule has 0 radical (unpaired) electrons. The van der Waals surface area contributed by atoms with Crippen LogP contribution in [0.2, 0.25) is 0 Å². The van der Waals surface area contributed by atoms with Crippen molar-refractivity contribution in [1.29, 1.82) is 0 Å². The first-order valence-electron chi connectivity index (χ1n) is 14.1. The summed E-state index contributed by atoms with van der Waals surface area (Å²) < 4.78 is 13.1. The highest BCUT2D eigenvalue weighted by atomic mass is 16.6. The van der Waals surface area contributed by atoms with Crippen molar-refractivity contribution in [3.63, 3.8) is 0 Å². The lowest BCUT2D eigenvalue weighted by Gasteiger charge is -2.38. The Bertz CT molecular complexity index is 1650. The van der Waals surface area contributed by atoms with Crippen LogP contribution in [0, 0.1) is 0 Å². The van der Waals surface area contributed by atoms with Crippen molar-refractivity contribution in [2.45, 2.75) is 19.4 Å². The third kappa shape index (κ3) is 3.88. The van der Waals surface area contributed by atoms with Crippen molar-refractivity contribution in [1.82, 2.24) is 0 Å². The first-order chi connectivity index (χ1) is 20.1. The minimum Gasteiger partial charge on any atom is -0.456 e. The molecule has 0 N–H and O–H groups in total. The third-order valence-corrected chi connectivity index (χ3v) is 8.07. The lowest BCUT2D eigenvalue weighted by atomic mass is 9.77. The number of ether oxygens (including phenoxy) is 2. The number of nitrogens with zero attached hydrogens (tertiary/aromatic N) is 2. The zero-order valence-corrected chi connectivity index (χ0v) is 23.1. The largest absolute Gasteiger partial charge is 0.456 e. The van der Waals surface area contributed by atoms with E-state index in [0.29, 0.717) is 17.1 Å². The Hall–Kier alpha value is -5.03. The highest BCUT2D eigenvalue weighted by Crippen LogP contribution is 2.57. The number of anilines is 4. The van der Waals surface area contributed by atoms with Crippen LogP contribution in [0.5, 0.6) is 11.5 Å². The molecular formula is C36H30N2O3. The van der Waals surface area contributed by atoms with E-state index in [4.69, 9.17) is 9.47 Å². The van der Waals surface area contributed by atoms with E-state index >= 15 is 0 Å². The summed E-state index contributed by atoms with van der Waals surface area (Å²) in [6.07, 6.45) is 0. The monoisotopic (exact) mass is 538 g/mol. The van der Waals surface area contributed by atoms with Crippen molar-refractivity contribution < 1.29 is 14.3 Å². The Morgan fingerprint density at radius 3 is 1.56 bits per heavy atom. The van der Waals surface area contributed by atoms with Gasteiger partial charge in [0.15, 0.2) is 5.60 Å². The van der Waals surface area contributed by atoms with Crippen LogP contribution in [0.1, 0.15) is 40.9 Å². The van der Waals surface area contributed by atoms with Gasteiger partial charge in [0, 0.05) is 64.7 Å². The van der Waals surface area contributed by atoms with Crippen LogP contribution in [0.15, 0.2) is 121 Å². The number of rotatable bonds is 6. The predicted octanol–water partition coefficient (Wildman–Crippen LogP) is 8.57. The molecule has 2 aliphatic heterocycles. The van der Waals surface area contributed by atoms with Crippen LogP contribution in [0.4, 0.5) is 22.7 Å². The summed E-state index contributed by atoms with van der Waals surface area (Å²) in [6.45, 7) is 5.84. The molecule has 0 fully saturated rings. The van der Waals surface area contributed by atoms with Crippen LogP contribution >= 0.6 is 0 Å². The lowest BCUT2D eigenvalue weighted by molar-refractivity contribution is 0.0224. The number of benzene rings is 5.